The lowest BCUT2D eigenvalue weighted by molar-refractivity contribution is -0.648. The first-order valence-electron chi connectivity index (χ1n) is 11.6. The van der Waals surface area contributed by atoms with Crippen molar-refractivity contribution in [2.45, 2.75) is 84.2 Å². The van der Waals surface area contributed by atoms with Crippen LogP contribution >= 0.6 is 0 Å². The quantitative estimate of drug-likeness (QED) is 0.300. The van der Waals surface area contributed by atoms with E-state index in [0.717, 1.165) is 19.0 Å². The number of benzene rings is 2. The van der Waals surface area contributed by atoms with Crippen molar-refractivity contribution in [1.29, 1.82) is 0 Å². The van der Waals surface area contributed by atoms with Crippen LogP contribution in [0.4, 0.5) is 5.95 Å². The third-order valence-electron chi connectivity index (χ3n) is 5.94. The van der Waals surface area contributed by atoms with Crippen molar-refractivity contribution >= 4 is 17.0 Å². The van der Waals surface area contributed by atoms with Crippen LogP contribution in [0.25, 0.3) is 11.0 Å². The topological polar surface area (TPSA) is 34.8 Å². The molecule has 30 heavy (non-hydrogen) atoms. The van der Waals surface area contributed by atoms with E-state index >= 15 is 0 Å². The summed E-state index contributed by atoms with van der Waals surface area (Å²) in [5.41, 5.74) is 10.4. The Morgan fingerprint density at radius 2 is 1.30 bits per heavy atom. The molecule has 1 aromatic heterocycles. The molecule has 0 spiro atoms. The summed E-state index contributed by atoms with van der Waals surface area (Å²) in [6.07, 6.45) is 13.6. The molecule has 0 fully saturated rings. The Kier molecular flexibility index (Phi) is 11.0. The number of aryl methyl sites for hydroxylation is 1. The second-order valence-corrected chi connectivity index (χ2v) is 8.25. The minimum Gasteiger partial charge on any atom is -1.00 e. The molecule has 0 radical (unpaired) electrons. The highest BCUT2D eigenvalue weighted by Crippen LogP contribution is 2.19. The van der Waals surface area contributed by atoms with Gasteiger partial charge in [-0.25, -0.2) is 9.13 Å². The summed E-state index contributed by atoms with van der Waals surface area (Å²) in [5.74, 6) is 0.867. The van der Waals surface area contributed by atoms with Crippen LogP contribution in [0.2, 0.25) is 0 Å². The zero-order valence-electron chi connectivity index (χ0n) is 18.5. The first kappa shape index (κ1) is 24.5. The Morgan fingerprint density at radius 3 is 1.97 bits per heavy atom. The molecule has 0 unspecified atom stereocenters. The maximum absolute atomic E-state index is 6.61. The molecule has 0 atom stereocenters. The fraction of sp³-hybridized carbons (Fsp3) is 0.500. The van der Waals surface area contributed by atoms with Crippen molar-refractivity contribution in [2.75, 3.05) is 5.73 Å². The van der Waals surface area contributed by atoms with Crippen LogP contribution < -0.4 is 27.3 Å². The second-order valence-electron chi connectivity index (χ2n) is 8.25. The molecule has 4 heteroatoms. The second kappa shape index (κ2) is 13.5. The maximum atomic E-state index is 6.61. The van der Waals surface area contributed by atoms with Gasteiger partial charge in [-0.3, -0.25) is 5.73 Å². The summed E-state index contributed by atoms with van der Waals surface area (Å²) in [6, 6.07) is 19.2. The number of rotatable bonds is 13. The normalized spacial score (nSPS) is 11.0. The Bertz CT molecular complexity index is 857. The van der Waals surface area contributed by atoms with Crippen LogP contribution in [-0.4, -0.2) is 4.57 Å². The van der Waals surface area contributed by atoms with Gasteiger partial charge in [0.1, 0.15) is 11.0 Å². The molecule has 0 saturated heterocycles. The molecule has 164 valence electrons. The molecule has 2 N–H and O–H groups in total. The van der Waals surface area contributed by atoms with E-state index < -0.39 is 0 Å². The summed E-state index contributed by atoms with van der Waals surface area (Å²) in [5, 5.41) is 0. The van der Waals surface area contributed by atoms with Crippen molar-refractivity contribution in [3.05, 3.63) is 60.2 Å². The average molecular weight is 473 g/mol. The molecule has 0 amide bonds. The molecule has 0 aliphatic rings. The summed E-state index contributed by atoms with van der Waals surface area (Å²) in [7, 11) is 0. The molecule has 1 heterocycles. The molecule has 2 aromatic carbocycles. The van der Waals surface area contributed by atoms with Gasteiger partial charge in [0, 0.05) is 0 Å². The number of nitrogens with zero attached hydrogens (tertiary/aromatic N) is 2. The first-order chi connectivity index (χ1) is 14.3. The Balaban J connectivity index is 0.00000320. The van der Waals surface area contributed by atoms with Crippen molar-refractivity contribution in [3.63, 3.8) is 0 Å². The van der Waals surface area contributed by atoms with Gasteiger partial charge in [0.2, 0.25) is 0 Å². The van der Waals surface area contributed by atoms with E-state index in [2.05, 4.69) is 70.7 Å². The summed E-state index contributed by atoms with van der Waals surface area (Å²) >= 11 is 0. The number of nitrogen functional groups attached to an aromatic ring is 1. The lowest BCUT2D eigenvalue weighted by Gasteiger charge is -2.04. The number of halogens is 1. The molecule has 3 nitrogen and oxygen atoms in total. The van der Waals surface area contributed by atoms with Crippen molar-refractivity contribution < 1.29 is 21.5 Å². The van der Waals surface area contributed by atoms with Crippen LogP contribution in [0.15, 0.2) is 54.6 Å². The van der Waals surface area contributed by atoms with Gasteiger partial charge in [0.15, 0.2) is 0 Å². The van der Waals surface area contributed by atoms with Crippen LogP contribution in [0.3, 0.4) is 0 Å². The minimum atomic E-state index is 0. The molecule has 0 bridgehead atoms. The van der Waals surface area contributed by atoms with Gasteiger partial charge in [-0.15, -0.1) is 0 Å². The highest BCUT2D eigenvalue weighted by atomic mass is 79.9. The fourth-order valence-corrected chi connectivity index (χ4v) is 4.24. The molecule has 3 aromatic rings. The van der Waals surface area contributed by atoms with Gasteiger partial charge in [0.25, 0.3) is 0 Å². The van der Waals surface area contributed by atoms with E-state index in [-0.39, 0.29) is 17.0 Å². The zero-order valence-corrected chi connectivity index (χ0v) is 20.1. The molecular formula is C26H38BrN3. The lowest BCUT2D eigenvalue weighted by Crippen LogP contribution is -3.00. The smallest absolute Gasteiger partial charge is 0.356 e. The minimum absolute atomic E-state index is 0. The predicted molar refractivity (Wildman–Crippen MR) is 124 cm³/mol. The van der Waals surface area contributed by atoms with Gasteiger partial charge < -0.3 is 17.0 Å². The number of imidazole rings is 1. The zero-order chi connectivity index (χ0) is 20.3. The number of para-hydroxylation sites is 2. The number of hydrogen-bond acceptors (Lipinski definition) is 1. The van der Waals surface area contributed by atoms with Gasteiger partial charge in [-0.2, -0.15) is 0 Å². The van der Waals surface area contributed by atoms with Gasteiger partial charge in [-0.05, 0) is 24.1 Å². The average Bonchev–Trinajstić information content (AvgIpc) is 3.01. The maximum Gasteiger partial charge on any atom is 0.356 e. The predicted octanol–water partition coefficient (Wildman–Crippen LogP) is 3.48. The summed E-state index contributed by atoms with van der Waals surface area (Å²) in [6.45, 7) is 4.10. The van der Waals surface area contributed by atoms with E-state index in [9.17, 15) is 0 Å². The lowest BCUT2D eigenvalue weighted by atomic mass is 10.1. The number of nitrogens with two attached hydrogens (primary N) is 1. The molecule has 3 rings (SSSR count). The van der Waals surface area contributed by atoms with Gasteiger partial charge in [-0.1, -0.05) is 107 Å². The highest BCUT2D eigenvalue weighted by molar-refractivity contribution is 5.73. The van der Waals surface area contributed by atoms with E-state index in [1.807, 2.05) is 0 Å². The van der Waals surface area contributed by atoms with Crippen molar-refractivity contribution in [2.24, 2.45) is 0 Å². The number of fused-ring (bicyclic) bond motifs is 1. The molecular weight excluding hydrogens is 434 g/mol. The third kappa shape index (κ3) is 6.87. The Labute approximate surface area is 193 Å². The van der Waals surface area contributed by atoms with E-state index in [1.54, 1.807) is 0 Å². The van der Waals surface area contributed by atoms with E-state index in [4.69, 9.17) is 5.73 Å². The highest BCUT2D eigenvalue weighted by Gasteiger charge is 2.20. The van der Waals surface area contributed by atoms with Crippen molar-refractivity contribution in [3.8, 4) is 0 Å². The van der Waals surface area contributed by atoms with Crippen LogP contribution in [-0.2, 0) is 13.1 Å². The summed E-state index contributed by atoms with van der Waals surface area (Å²) < 4.78 is 4.56. The summed E-state index contributed by atoms with van der Waals surface area (Å²) in [4.78, 5) is 0. The standard InChI is InChI=1S/C26H37N3.BrH/c1-2-3-4-5-6-7-8-9-10-16-21-28-24-19-14-15-20-25(24)29(26(28)27)22-23-17-12-11-13-18-23;/h11-15,17-20,27H,2-10,16,21-22H2,1H3;1H. The number of aromatic nitrogens is 2. The Morgan fingerprint density at radius 1 is 0.733 bits per heavy atom. The van der Waals surface area contributed by atoms with Crippen LogP contribution in [0, 0.1) is 0 Å². The van der Waals surface area contributed by atoms with E-state index in [1.165, 1.54) is 80.8 Å². The third-order valence-corrected chi connectivity index (χ3v) is 5.94. The van der Waals surface area contributed by atoms with Gasteiger partial charge >= 0.3 is 5.95 Å². The van der Waals surface area contributed by atoms with Crippen LogP contribution in [0.1, 0.15) is 76.7 Å². The van der Waals surface area contributed by atoms with Crippen molar-refractivity contribution in [1.82, 2.24) is 4.57 Å². The molecule has 0 aliphatic heterocycles. The number of anilines is 1. The van der Waals surface area contributed by atoms with E-state index in [0.29, 0.717) is 0 Å². The number of unbranched alkanes of at least 4 members (excludes halogenated alkanes) is 9. The van der Waals surface area contributed by atoms with Crippen LogP contribution in [0.5, 0.6) is 0 Å². The molecule has 0 aliphatic carbocycles. The van der Waals surface area contributed by atoms with Gasteiger partial charge in [0.05, 0.1) is 13.1 Å². The molecule has 0 saturated carbocycles. The monoisotopic (exact) mass is 471 g/mol. The fourth-order valence-electron chi connectivity index (χ4n) is 4.24. The Hall–Kier alpha value is -1.81. The SMILES string of the molecule is CCCCCCCCCCCCn1c(N)[n+](Cc2ccccc2)c2ccccc21.[Br-]. The first-order valence-corrected chi connectivity index (χ1v) is 11.6. The number of hydrogen-bond donors (Lipinski definition) is 1. The largest absolute Gasteiger partial charge is 1.00 e.